The number of guanidine groups is 1. The van der Waals surface area contributed by atoms with E-state index in [9.17, 15) is 13.2 Å². The fourth-order valence-corrected chi connectivity index (χ4v) is 3.72. The molecule has 3 N–H and O–H groups in total. The standard InChI is InChI=1S/C20H27N5O4S.HI/c1-16(26)24-10-12-25(13-11-24)20(22-9-8-18-3-2-14-29-18)23-15-17-4-6-19(7-5-17)30(21,27)28;/h2-7,14H,8-13,15H2,1H3,(H,22,23)(H2,21,27,28);1H. The van der Waals surface area contributed by atoms with Gasteiger partial charge in [-0.3, -0.25) is 4.79 Å². The molecule has 170 valence electrons. The van der Waals surface area contributed by atoms with Gasteiger partial charge in [-0.1, -0.05) is 12.1 Å². The molecular formula is C20H28IN5O4S. The van der Waals surface area contributed by atoms with E-state index >= 15 is 0 Å². The first-order valence-corrected chi connectivity index (χ1v) is 11.3. The largest absolute Gasteiger partial charge is 0.469 e. The highest BCUT2D eigenvalue weighted by molar-refractivity contribution is 14.0. The minimum atomic E-state index is -3.71. The summed E-state index contributed by atoms with van der Waals surface area (Å²) in [6, 6.07) is 10.2. The number of aliphatic imine (C=N–C) groups is 1. The number of nitrogens with one attached hydrogen (secondary N) is 1. The van der Waals surface area contributed by atoms with Crippen molar-refractivity contribution in [2.75, 3.05) is 32.7 Å². The first-order valence-electron chi connectivity index (χ1n) is 9.76. The zero-order valence-electron chi connectivity index (χ0n) is 17.4. The fraction of sp³-hybridized carbons (Fsp3) is 0.400. The molecular weight excluding hydrogens is 533 g/mol. The molecule has 1 aliphatic heterocycles. The van der Waals surface area contributed by atoms with Crippen molar-refractivity contribution in [3.63, 3.8) is 0 Å². The maximum Gasteiger partial charge on any atom is 0.238 e. The van der Waals surface area contributed by atoms with Gasteiger partial charge in [0.1, 0.15) is 5.76 Å². The summed E-state index contributed by atoms with van der Waals surface area (Å²) in [7, 11) is -3.71. The lowest BCUT2D eigenvalue weighted by Crippen LogP contribution is -2.53. The summed E-state index contributed by atoms with van der Waals surface area (Å²) in [5, 5.41) is 8.52. The van der Waals surface area contributed by atoms with Crippen LogP contribution in [-0.2, 0) is 27.8 Å². The predicted molar refractivity (Wildman–Crippen MR) is 129 cm³/mol. The summed E-state index contributed by atoms with van der Waals surface area (Å²) in [6.45, 7) is 5.31. The number of benzene rings is 1. The van der Waals surface area contributed by atoms with Gasteiger partial charge in [0.2, 0.25) is 15.9 Å². The summed E-state index contributed by atoms with van der Waals surface area (Å²) in [4.78, 5) is 20.3. The lowest BCUT2D eigenvalue weighted by atomic mass is 10.2. The van der Waals surface area contributed by atoms with Gasteiger partial charge in [-0.25, -0.2) is 18.5 Å². The van der Waals surface area contributed by atoms with Crippen LogP contribution >= 0.6 is 24.0 Å². The molecule has 0 spiro atoms. The Kier molecular flexibility index (Phi) is 9.32. The molecule has 1 fully saturated rings. The molecule has 0 radical (unpaired) electrons. The quantitative estimate of drug-likeness (QED) is 0.313. The third kappa shape index (κ3) is 7.51. The van der Waals surface area contributed by atoms with Crippen LogP contribution in [0.4, 0.5) is 0 Å². The zero-order chi connectivity index (χ0) is 21.6. The third-order valence-electron chi connectivity index (χ3n) is 4.92. The maximum atomic E-state index is 11.6. The molecule has 0 saturated carbocycles. The highest BCUT2D eigenvalue weighted by Crippen LogP contribution is 2.10. The zero-order valence-corrected chi connectivity index (χ0v) is 20.5. The van der Waals surface area contributed by atoms with Crippen molar-refractivity contribution < 1.29 is 17.6 Å². The molecule has 0 aliphatic carbocycles. The van der Waals surface area contributed by atoms with Crippen LogP contribution in [-0.4, -0.2) is 62.8 Å². The molecule has 0 atom stereocenters. The van der Waals surface area contributed by atoms with Crippen molar-refractivity contribution in [3.8, 4) is 0 Å². The Balaban J connectivity index is 0.00000341. The Morgan fingerprint density at radius 1 is 1.13 bits per heavy atom. The molecule has 11 heteroatoms. The molecule has 0 bridgehead atoms. The van der Waals surface area contributed by atoms with Crippen LogP contribution in [0.2, 0.25) is 0 Å². The van der Waals surface area contributed by atoms with E-state index in [1.54, 1.807) is 25.3 Å². The molecule has 1 aliphatic rings. The van der Waals surface area contributed by atoms with Crippen LogP contribution < -0.4 is 10.5 Å². The number of amides is 1. The van der Waals surface area contributed by atoms with Crippen molar-refractivity contribution in [1.82, 2.24) is 15.1 Å². The van der Waals surface area contributed by atoms with Crippen LogP contribution in [0.5, 0.6) is 0 Å². The highest BCUT2D eigenvalue weighted by atomic mass is 127. The summed E-state index contributed by atoms with van der Waals surface area (Å²) in [6.07, 6.45) is 2.37. The van der Waals surface area contributed by atoms with Gasteiger partial charge in [-0.2, -0.15) is 0 Å². The van der Waals surface area contributed by atoms with Crippen molar-refractivity contribution in [1.29, 1.82) is 0 Å². The maximum absolute atomic E-state index is 11.6. The number of hydrogen-bond acceptors (Lipinski definition) is 5. The lowest BCUT2D eigenvalue weighted by molar-refractivity contribution is -0.130. The molecule has 3 rings (SSSR count). The highest BCUT2D eigenvalue weighted by Gasteiger charge is 2.21. The Morgan fingerprint density at radius 3 is 2.32 bits per heavy atom. The fourth-order valence-electron chi connectivity index (χ4n) is 3.20. The van der Waals surface area contributed by atoms with Gasteiger partial charge < -0.3 is 19.5 Å². The third-order valence-corrected chi connectivity index (χ3v) is 5.85. The molecule has 1 aromatic heterocycles. The second kappa shape index (κ2) is 11.5. The van der Waals surface area contributed by atoms with E-state index in [2.05, 4.69) is 10.2 Å². The topological polar surface area (TPSA) is 121 Å². The molecule has 1 saturated heterocycles. The van der Waals surface area contributed by atoms with E-state index < -0.39 is 10.0 Å². The first-order chi connectivity index (χ1) is 14.3. The Bertz CT molecular complexity index is 970. The van der Waals surface area contributed by atoms with E-state index in [1.807, 2.05) is 17.0 Å². The number of rotatable bonds is 6. The summed E-state index contributed by atoms with van der Waals surface area (Å²) in [5.41, 5.74) is 0.870. The van der Waals surface area contributed by atoms with Gasteiger partial charge in [-0.15, -0.1) is 24.0 Å². The van der Waals surface area contributed by atoms with Crippen molar-refractivity contribution in [2.24, 2.45) is 10.1 Å². The minimum absolute atomic E-state index is 0. The number of nitrogens with zero attached hydrogens (tertiary/aromatic N) is 3. The van der Waals surface area contributed by atoms with Gasteiger partial charge in [0.05, 0.1) is 17.7 Å². The van der Waals surface area contributed by atoms with Gasteiger partial charge >= 0.3 is 0 Å². The number of carbonyl (C=O) groups is 1. The Labute approximate surface area is 199 Å². The van der Waals surface area contributed by atoms with Crippen LogP contribution in [0.1, 0.15) is 18.2 Å². The molecule has 2 aromatic rings. The first kappa shape index (κ1) is 25.1. The van der Waals surface area contributed by atoms with E-state index in [4.69, 9.17) is 14.5 Å². The summed E-state index contributed by atoms with van der Waals surface area (Å²) in [5.74, 6) is 1.72. The van der Waals surface area contributed by atoms with E-state index in [0.717, 1.165) is 23.7 Å². The van der Waals surface area contributed by atoms with Crippen LogP contribution in [0.25, 0.3) is 0 Å². The van der Waals surface area contributed by atoms with E-state index in [1.165, 1.54) is 12.1 Å². The van der Waals surface area contributed by atoms with Gasteiger partial charge in [0.15, 0.2) is 5.96 Å². The smallest absolute Gasteiger partial charge is 0.238 e. The SMILES string of the molecule is CC(=O)N1CCN(C(=NCc2ccc(S(N)(=O)=O)cc2)NCCc2ccco2)CC1.I. The second-order valence-corrected chi connectivity index (χ2v) is 8.64. The Morgan fingerprint density at radius 2 is 1.77 bits per heavy atom. The van der Waals surface area contributed by atoms with Crippen LogP contribution in [0.15, 0.2) is 57.0 Å². The van der Waals surface area contributed by atoms with Gasteiger partial charge in [0, 0.05) is 46.1 Å². The molecule has 9 nitrogen and oxygen atoms in total. The van der Waals surface area contributed by atoms with Crippen LogP contribution in [0, 0.1) is 0 Å². The van der Waals surface area contributed by atoms with E-state index in [-0.39, 0.29) is 34.8 Å². The monoisotopic (exact) mass is 561 g/mol. The average Bonchev–Trinajstić information content (AvgIpc) is 3.24. The lowest BCUT2D eigenvalue weighted by Gasteiger charge is -2.36. The van der Waals surface area contributed by atoms with Crippen molar-refractivity contribution in [2.45, 2.75) is 24.8 Å². The molecule has 1 amide bonds. The molecule has 31 heavy (non-hydrogen) atoms. The summed E-state index contributed by atoms with van der Waals surface area (Å²) < 4.78 is 28.2. The van der Waals surface area contributed by atoms with Crippen molar-refractivity contribution in [3.05, 3.63) is 54.0 Å². The number of hydrogen-bond donors (Lipinski definition) is 2. The normalized spacial score (nSPS) is 14.8. The number of furan rings is 1. The average molecular weight is 561 g/mol. The summed E-state index contributed by atoms with van der Waals surface area (Å²) >= 11 is 0. The number of primary sulfonamides is 1. The number of carbonyl (C=O) groups excluding carboxylic acids is 1. The number of nitrogens with two attached hydrogens (primary N) is 1. The number of sulfonamides is 1. The molecule has 0 unspecified atom stereocenters. The predicted octanol–water partition coefficient (Wildman–Crippen LogP) is 1.40. The van der Waals surface area contributed by atoms with Crippen LogP contribution in [0.3, 0.4) is 0 Å². The molecule has 1 aromatic carbocycles. The Hall–Kier alpha value is -2.12. The second-order valence-electron chi connectivity index (χ2n) is 7.08. The van der Waals surface area contributed by atoms with Crippen molar-refractivity contribution >= 4 is 45.9 Å². The number of halogens is 1. The van der Waals surface area contributed by atoms with Gasteiger partial charge in [0.25, 0.3) is 0 Å². The minimum Gasteiger partial charge on any atom is -0.469 e. The van der Waals surface area contributed by atoms with E-state index in [0.29, 0.717) is 39.3 Å². The van der Waals surface area contributed by atoms with Gasteiger partial charge in [-0.05, 0) is 29.8 Å². The molecule has 2 heterocycles. The number of piperazine rings is 1.